The first-order valence-corrected chi connectivity index (χ1v) is 9.97. The molecule has 2 aliphatic rings. The van der Waals surface area contributed by atoms with Crippen LogP contribution < -0.4 is 4.31 Å². The van der Waals surface area contributed by atoms with Crippen molar-refractivity contribution in [2.24, 2.45) is 0 Å². The predicted molar refractivity (Wildman–Crippen MR) is 94.0 cm³/mol. The lowest BCUT2D eigenvalue weighted by atomic mass is 9.92. The second-order valence-electron chi connectivity index (χ2n) is 6.60. The predicted octanol–water partition coefficient (Wildman–Crippen LogP) is 3.41. The van der Waals surface area contributed by atoms with Gasteiger partial charge < -0.3 is 5.11 Å². The Morgan fingerprint density at radius 2 is 1.62 bits per heavy atom. The molecule has 126 valence electrons. The summed E-state index contributed by atoms with van der Waals surface area (Å²) < 4.78 is 27.8. The van der Waals surface area contributed by atoms with E-state index in [-0.39, 0.29) is 5.75 Å². The van der Waals surface area contributed by atoms with Crippen molar-refractivity contribution in [2.75, 3.05) is 10.8 Å². The zero-order valence-electron chi connectivity index (χ0n) is 13.5. The Balaban J connectivity index is 1.80. The van der Waals surface area contributed by atoms with Crippen molar-refractivity contribution in [2.45, 2.75) is 43.4 Å². The summed E-state index contributed by atoms with van der Waals surface area (Å²) in [7, 11) is -3.66. The van der Waals surface area contributed by atoms with Gasteiger partial charge in [0, 0.05) is 6.54 Å². The maximum absolute atomic E-state index is 13.2. The number of nitrogens with zero attached hydrogens (tertiary/aromatic N) is 1. The van der Waals surface area contributed by atoms with Gasteiger partial charge in [-0.05, 0) is 73.4 Å². The minimum Gasteiger partial charge on any atom is -0.506 e. The third kappa shape index (κ3) is 2.47. The van der Waals surface area contributed by atoms with Crippen molar-refractivity contribution in [3.05, 3.63) is 53.1 Å². The zero-order chi connectivity index (χ0) is 16.7. The molecule has 0 saturated heterocycles. The molecule has 0 unspecified atom stereocenters. The molecule has 0 spiro atoms. The van der Waals surface area contributed by atoms with E-state index in [2.05, 4.69) is 0 Å². The first-order chi connectivity index (χ1) is 11.6. The topological polar surface area (TPSA) is 57.6 Å². The summed E-state index contributed by atoms with van der Waals surface area (Å²) in [4.78, 5) is 0.333. The van der Waals surface area contributed by atoms with Gasteiger partial charge in [-0.25, -0.2) is 8.42 Å². The first kappa shape index (κ1) is 15.5. The van der Waals surface area contributed by atoms with Crippen molar-refractivity contribution in [3.63, 3.8) is 0 Å². The number of aryl methyl sites for hydroxylation is 3. The van der Waals surface area contributed by atoms with Gasteiger partial charge in [-0.3, -0.25) is 4.31 Å². The third-order valence-corrected chi connectivity index (χ3v) is 6.86. The van der Waals surface area contributed by atoms with E-state index in [0.717, 1.165) is 43.2 Å². The number of anilines is 1. The third-order valence-electron chi connectivity index (χ3n) is 5.06. The number of sulfonamides is 1. The fourth-order valence-electron chi connectivity index (χ4n) is 3.83. The molecule has 2 aromatic rings. The lowest BCUT2D eigenvalue weighted by molar-refractivity contribution is 0.472. The number of para-hydroxylation sites is 1. The lowest BCUT2D eigenvalue weighted by Crippen LogP contribution is -2.35. The molecule has 1 aliphatic heterocycles. The van der Waals surface area contributed by atoms with Gasteiger partial charge in [0.1, 0.15) is 5.75 Å². The lowest BCUT2D eigenvalue weighted by Gasteiger charge is -2.31. The second-order valence-corrected chi connectivity index (χ2v) is 8.47. The van der Waals surface area contributed by atoms with Gasteiger partial charge in [0.25, 0.3) is 10.0 Å². The number of hydrogen-bond donors (Lipinski definition) is 1. The van der Waals surface area contributed by atoms with Crippen LogP contribution in [0.25, 0.3) is 0 Å². The minimum absolute atomic E-state index is 0.0359. The van der Waals surface area contributed by atoms with Gasteiger partial charge in [0.15, 0.2) is 0 Å². The molecule has 0 amide bonds. The van der Waals surface area contributed by atoms with Crippen molar-refractivity contribution in [1.82, 2.24) is 0 Å². The first-order valence-electron chi connectivity index (χ1n) is 8.53. The number of fused-ring (bicyclic) bond motifs is 2. The molecule has 1 aliphatic carbocycles. The number of rotatable bonds is 2. The smallest absolute Gasteiger partial charge is 0.264 e. The van der Waals surface area contributed by atoms with Crippen molar-refractivity contribution >= 4 is 15.7 Å². The van der Waals surface area contributed by atoms with Gasteiger partial charge in [0.2, 0.25) is 0 Å². The molecule has 0 fully saturated rings. The summed E-state index contributed by atoms with van der Waals surface area (Å²) in [5.41, 5.74) is 3.75. The highest BCUT2D eigenvalue weighted by atomic mass is 32.2. The molecule has 5 heteroatoms. The van der Waals surface area contributed by atoms with Crippen molar-refractivity contribution < 1.29 is 13.5 Å². The average Bonchev–Trinajstić information content (AvgIpc) is 2.61. The summed E-state index contributed by atoms with van der Waals surface area (Å²) in [5, 5.41) is 10.2. The van der Waals surface area contributed by atoms with Crippen LogP contribution in [0.5, 0.6) is 5.75 Å². The SMILES string of the molecule is O=S(=O)(c1ccc2c(c1)CCCC2)N1CCCc2cccc(O)c21. The van der Waals surface area contributed by atoms with Crippen molar-refractivity contribution in [1.29, 1.82) is 0 Å². The Kier molecular flexibility index (Phi) is 3.76. The largest absolute Gasteiger partial charge is 0.506 e. The summed E-state index contributed by atoms with van der Waals surface area (Å²) in [6.45, 7) is 0.407. The maximum atomic E-state index is 13.2. The fraction of sp³-hybridized carbons (Fsp3) is 0.368. The molecule has 0 saturated carbocycles. The maximum Gasteiger partial charge on any atom is 0.264 e. The van der Waals surface area contributed by atoms with E-state index in [1.807, 2.05) is 18.2 Å². The number of hydrogen-bond acceptors (Lipinski definition) is 3. The summed E-state index contributed by atoms with van der Waals surface area (Å²) in [6.07, 6.45) is 5.82. The molecule has 0 atom stereocenters. The van der Waals surface area contributed by atoms with Gasteiger partial charge in [-0.1, -0.05) is 18.2 Å². The van der Waals surface area contributed by atoms with Crippen LogP contribution in [-0.2, 0) is 29.3 Å². The monoisotopic (exact) mass is 343 g/mol. The van der Waals surface area contributed by atoms with Crippen LogP contribution in [0.1, 0.15) is 36.0 Å². The fourth-order valence-corrected chi connectivity index (χ4v) is 5.44. The van der Waals surface area contributed by atoms with E-state index in [1.54, 1.807) is 18.2 Å². The number of phenolic OH excluding ortho intramolecular Hbond substituents is 1. The number of benzene rings is 2. The van der Waals surface area contributed by atoms with Crippen molar-refractivity contribution in [3.8, 4) is 5.75 Å². The molecule has 0 radical (unpaired) electrons. The molecule has 4 nitrogen and oxygen atoms in total. The van der Waals surface area contributed by atoms with Gasteiger partial charge >= 0.3 is 0 Å². The Morgan fingerprint density at radius 3 is 2.46 bits per heavy atom. The number of phenols is 1. The highest BCUT2D eigenvalue weighted by Crippen LogP contribution is 2.39. The zero-order valence-corrected chi connectivity index (χ0v) is 14.3. The van der Waals surface area contributed by atoms with Crippen LogP contribution in [0.3, 0.4) is 0 Å². The van der Waals surface area contributed by atoms with E-state index in [9.17, 15) is 13.5 Å². The van der Waals surface area contributed by atoms with Crippen LogP contribution >= 0.6 is 0 Å². The van der Waals surface area contributed by atoms with Crippen LogP contribution in [0.4, 0.5) is 5.69 Å². The Bertz CT molecular complexity index is 889. The van der Waals surface area contributed by atoms with Crippen LogP contribution in [0.2, 0.25) is 0 Å². The normalized spacial score (nSPS) is 17.2. The highest BCUT2D eigenvalue weighted by Gasteiger charge is 2.31. The molecular weight excluding hydrogens is 322 g/mol. The molecular formula is C19H21NO3S. The summed E-state index contributed by atoms with van der Waals surface area (Å²) >= 11 is 0. The minimum atomic E-state index is -3.66. The summed E-state index contributed by atoms with van der Waals surface area (Å²) in [5.74, 6) is 0.0359. The van der Waals surface area contributed by atoms with E-state index in [1.165, 1.54) is 16.3 Å². The Labute approximate surface area is 142 Å². The Hall–Kier alpha value is -2.01. The van der Waals surface area contributed by atoms with E-state index < -0.39 is 10.0 Å². The number of aromatic hydroxyl groups is 1. The van der Waals surface area contributed by atoms with E-state index in [4.69, 9.17) is 0 Å². The summed E-state index contributed by atoms with van der Waals surface area (Å²) in [6, 6.07) is 10.7. The van der Waals surface area contributed by atoms with Gasteiger partial charge in [-0.15, -0.1) is 0 Å². The second kappa shape index (κ2) is 5.81. The highest BCUT2D eigenvalue weighted by molar-refractivity contribution is 7.92. The molecule has 0 aromatic heterocycles. The quantitative estimate of drug-likeness (QED) is 0.909. The average molecular weight is 343 g/mol. The molecule has 1 N–H and O–H groups in total. The molecule has 24 heavy (non-hydrogen) atoms. The van der Waals surface area contributed by atoms with Crippen LogP contribution in [0.15, 0.2) is 41.3 Å². The van der Waals surface area contributed by atoms with E-state index >= 15 is 0 Å². The molecule has 2 aromatic carbocycles. The molecule has 1 heterocycles. The standard InChI is InChI=1S/C19H21NO3S/c21-18-9-3-7-15-8-4-12-20(19(15)18)24(22,23)17-11-10-14-5-1-2-6-16(14)13-17/h3,7,9-11,13,21H,1-2,4-6,8,12H2. The van der Waals surface area contributed by atoms with Gasteiger partial charge in [0.05, 0.1) is 10.6 Å². The van der Waals surface area contributed by atoms with Crippen LogP contribution in [-0.4, -0.2) is 20.1 Å². The molecule has 4 rings (SSSR count). The molecule has 0 bridgehead atoms. The Morgan fingerprint density at radius 1 is 0.875 bits per heavy atom. The van der Waals surface area contributed by atoms with Crippen LogP contribution in [0, 0.1) is 0 Å². The van der Waals surface area contributed by atoms with Gasteiger partial charge in [-0.2, -0.15) is 0 Å². The van der Waals surface area contributed by atoms with E-state index in [0.29, 0.717) is 17.1 Å².